The first-order valence-electron chi connectivity index (χ1n) is 7.38. The van der Waals surface area contributed by atoms with Crippen LogP contribution in [-0.4, -0.2) is 46.8 Å². The van der Waals surface area contributed by atoms with Gasteiger partial charge in [-0.15, -0.1) is 0 Å². The van der Waals surface area contributed by atoms with Gasteiger partial charge in [0.15, 0.2) is 0 Å². The van der Waals surface area contributed by atoms with Crippen LogP contribution >= 0.6 is 0 Å². The maximum atomic E-state index is 12.5. The molecular weight excluding hydrogens is 240 g/mol. The smallest absolute Gasteiger partial charge is 0.228 e. The molecule has 0 spiro atoms. The molecule has 0 aromatic rings. The number of rotatable bonds is 1. The first-order valence-corrected chi connectivity index (χ1v) is 7.38. The molecule has 4 heteroatoms. The third kappa shape index (κ3) is 3.10. The van der Waals surface area contributed by atoms with Crippen LogP contribution in [0.5, 0.6) is 0 Å². The lowest BCUT2D eigenvalue weighted by Gasteiger charge is -2.34. The number of carbonyl (C=O) groups excluding carboxylic acids is 2. The van der Waals surface area contributed by atoms with Crippen LogP contribution in [0.2, 0.25) is 0 Å². The van der Waals surface area contributed by atoms with Gasteiger partial charge < -0.3 is 9.80 Å². The molecule has 2 heterocycles. The van der Waals surface area contributed by atoms with Crippen LogP contribution in [0.3, 0.4) is 0 Å². The van der Waals surface area contributed by atoms with Gasteiger partial charge in [-0.1, -0.05) is 6.92 Å². The van der Waals surface area contributed by atoms with Gasteiger partial charge in [-0.25, -0.2) is 0 Å². The van der Waals surface area contributed by atoms with E-state index in [9.17, 15) is 9.59 Å². The van der Waals surface area contributed by atoms with Crippen molar-refractivity contribution in [2.24, 2.45) is 11.8 Å². The Hall–Kier alpha value is -1.06. The summed E-state index contributed by atoms with van der Waals surface area (Å²) in [4.78, 5) is 28.4. The zero-order valence-electron chi connectivity index (χ0n) is 12.6. The molecule has 2 aliphatic rings. The zero-order valence-corrected chi connectivity index (χ0v) is 12.6. The topological polar surface area (TPSA) is 40.6 Å². The van der Waals surface area contributed by atoms with Crippen molar-refractivity contribution in [3.63, 3.8) is 0 Å². The molecule has 0 aliphatic carbocycles. The fourth-order valence-electron chi connectivity index (χ4n) is 3.17. The minimum absolute atomic E-state index is 0.121. The van der Waals surface area contributed by atoms with Crippen molar-refractivity contribution < 1.29 is 9.59 Å². The molecule has 0 aromatic carbocycles. The van der Waals surface area contributed by atoms with E-state index in [0.717, 1.165) is 19.5 Å². The van der Waals surface area contributed by atoms with Crippen LogP contribution in [0.1, 0.15) is 47.0 Å². The van der Waals surface area contributed by atoms with Crippen molar-refractivity contribution in [1.29, 1.82) is 0 Å². The first-order chi connectivity index (χ1) is 8.79. The predicted octanol–water partition coefficient (Wildman–Crippen LogP) is 1.89. The average Bonchev–Trinajstić information content (AvgIpc) is 2.70. The fraction of sp³-hybridized carbons (Fsp3) is 0.867. The lowest BCUT2D eigenvalue weighted by Crippen LogP contribution is -2.45. The summed E-state index contributed by atoms with van der Waals surface area (Å²) in [6, 6.07) is 0. The molecule has 0 unspecified atom stereocenters. The molecule has 2 aliphatic heterocycles. The van der Waals surface area contributed by atoms with Gasteiger partial charge >= 0.3 is 0 Å². The molecule has 108 valence electrons. The highest BCUT2D eigenvalue weighted by Crippen LogP contribution is 2.28. The summed E-state index contributed by atoms with van der Waals surface area (Å²) >= 11 is 0. The van der Waals surface area contributed by atoms with Crippen LogP contribution in [0, 0.1) is 11.8 Å². The first kappa shape index (κ1) is 14.4. The second-order valence-corrected chi connectivity index (χ2v) is 7.11. The molecule has 19 heavy (non-hydrogen) atoms. The van der Waals surface area contributed by atoms with E-state index < -0.39 is 0 Å². The highest BCUT2D eigenvalue weighted by atomic mass is 16.2. The molecule has 0 aromatic heterocycles. The molecule has 2 saturated heterocycles. The van der Waals surface area contributed by atoms with E-state index in [1.165, 1.54) is 6.42 Å². The summed E-state index contributed by atoms with van der Waals surface area (Å²) in [5.74, 6) is 0.771. The number of nitrogens with zero attached hydrogens (tertiary/aromatic N) is 2. The minimum Gasteiger partial charge on any atom is -0.342 e. The van der Waals surface area contributed by atoms with Gasteiger partial charge in [-0.3, -0.25) is 9.59 Å². The van der Waals surface area contributed by atoms with E-state index >= 15 is 0 Å². The van der Waals surface area contributed by atoms with Crippen molar-refractivity contribution in [3.05, 3.63) is 0 Å². The van der Waals surface area contributed by atoms with E-state index in [-0.39, 0.29) is 23.3 Å². The maximum absolute atomic E-state index is 12.5. The summed E-state index contributed by atoms with van der Waals surface area (Å²) in [5, 5.41) is 0. The number of hydrogen-bond acceptors (Lipinski definition) is 2. The van der Waals surface area contributed by atoms with Crippen molar-refractivity contribution >= 4 is 11.8 Å². The molecule has 2 atom stereocenters. The standard InChI is InChI=1S/C15H26N2O2/c1-11-6-5-7-16(9-11)14(19)12-8-13(18)17(10-12)15(2,3)4/h11-12H,5-10H2,1-4H3/t11-,12-/m1/s1. The quantitative estimate of drug-likeness (QED) is 0.727. The Morgan fingerprint density at radius 1 is 1.26 bits per heavy atom. The molecule has 2 rings (SSSR count). The predicted molar refractivity (Wildman–Crippen MR) is 74.6 cm³/mol. The SMILES string of the molecule is C[C@@H]1CCCN(C(=O)[C@@H]2CC(=O)N(C(C)(C)C)C2)C1. The molecule has 0 N–H and O–H groups in total. The zero-order chi connectivity index (χ0) is 14.2. The van der Waals surface area contributed by atoms with Crippen LogP contribution in [0.4, 0.5) is 0 Å². The molecule has 0 bridgehead atoms. The Morgan fingerprint density at radius 3 is 2.47 bits per heavy atom. The Bertz CT molecular complexity index is 373. The second-order valence-electron chi connectivity index (χ2n) is 7.11. The summed E-state index contributed by atoms with van der Waals surface area (Å²) in [7, 11) is 0. The second kappa shape index (κ2) is 5.14. The van der Waals surface area contributed by atoms with Gasteiger partial charge in [0.1, 0.15) is 0 Å². The molecule has 4 nitrogen and oxygen atoms in total. The largest absolute Gasteiger partial charge is 0.342 e. The van der Waals surface area contributed by atoms with Gasteiger partial charge in [0.2, 0.25) is 11.8 Å². The van der Waals surface area contributed by atoms with Gasteiger partial charge in [-0.05, 0) is 39.5 Å². The molecule has 2 amide bonds. The van der Waals surface area contributed by atoms with Crippen molar-refractivity contribution in [1.82, 2.24) is 9.80 Å². The third-order valence-electron chi connectivity index (χ3n) is 4.25. The lowest BCUT2D eigenvalue weighted by atomic mass is 9.98. The summed E-state index contributed by atoms with van der Waals surface area (Å²) in [6.07, 6.45) is 2.69. The summed E-state index contributed by atoms with van der Waals surface area (Å²) in [6.45, 7) is 10.6. The van der Waals surface area contributed by atoms with Crippen LogP contribution < -0.4 is 0 Å². The third-order valence-corrected chi connectivity index (χ3v) is 4.25. The lowest BCUT2D eigenvalue weighted by molar-refractivity contribution is -0.137. The van der Waals surface area contributed by atoms with Crippen LogP contribution in [0.25, 0.3) is 0 Å². The monoisotopic (exact) mass is 266 g/mol. The van der Waals surface area contributed by atoms with E-state index in [4.69, 9.17) is 0 Å². The Labute approximate surface area is 116 Å². The van der Waals surface area contributed by atoms with Crippen molar-refractivity contribution in [2.75, 3.05) is 19.6 Å². The normalized spacial score (nSPS) is 28.9. The van der Waals surface area contributed by atoms with Crippen LogP contribution in [-0.2, 0) is 9.59 Å². The summed E-state index contributed by atoms with van der Waals surface area (Å²) in [5.41, 5.74) is -0.179. The molecule has 0 saturated carbocycles. The Balaban J connectivity index is 2.00. The Morgan fingerprint density at radius 2 is 1.95 bits per heavy atom. The van der Waals surface area contributed by atoms with Crippen molar-refractivity contribution in [2.45, 2.75) is 52.5 Å². The number of carbonyl (C=O) groups is 2. The summed E-state index contributed by atoms with van der Waals surface area (Å²) < 4.78 is 0. The fourth-order valence-corrected chi connectivity index (χ4v) is 3.17. The maximum Gasteiger partial charge on any atom is 0.228 e. The van der Waals surface area contributed by atoms with E-state index in [0.29, 0.717) is 18.9 Å². The highest BCUT2D eigenvalue weighted by Gasteiger charge is 2.41. The molecular formula is C15H26N2O2. The van der Waals surface area contributed by atoms with Gasteiger partial charge in [-0.2, -0.15) is 0 Å². The van der Waals surface area contributed by atoms with Gasteiger partial charge in [0, 0.05) is 31.6 Å². The number of hydrogen-bond donors (Lipinski definition) is 0. The minimum atomic E-state index is -0.179. The highest BCUT2D eigenvalue weighted by molar-refractivity contribution is 5.89. The molecule has 2 fully saturated rings. The Kier molecular flexibility index (Phi) is 3.88. The van der Waals surface area contributed by atoms with Gasteiger partial charge in [0.05, 0.1) is 5.92 Å². The van der Waals surface area contributed by atoms with E-state index in [1.807, 2.05) is 30.6 Å². The number of likely N-dealkylation sites (tertiary alicyclic amines) is 2. The van der Waals surface area contributed by atoms with E-state index in [2.05, 4.69) is 6.92 Å². The van der Waals surface area contributed by atoms with Gasteiger partial charge in [0.25, 0.3) is 0 Å². The molecule has 0 radical (unpaired) electrons. The van der Waals surface area contributed by atoms with Crippen molar-refractivity contribution in [3.8, 4) is 0 Å². The average molecular weight is 266 g/mol. The van der Waals surface area contributed by atoms with E-state index in [1.54, 1.807) is 0 Å². The number of piperidine rings is 1. The van der Waals surface area contributed by atoms with Crippen LogP contribution in [0.15, 0.2) is 0 Å². The number of amides is 2.